The maximum Gasteiger partial charge on any atom is 0.229 e. The highest BCUT2D eigenvalue weighted by molar-refractivity contribution is 6.00. The van der Waals surface area contributed by atoms with Gasteiger partial charge >= 0.3 is 0 Å². The number of amides is 1. The number of nitrogens with two attached hydrogens (primary N) is 1. The molecule has 1 amide bonds. The first-order valence-corrected chi connectivity index (χ1v) is 4.06. The predicted octanol–water partition coefficient (Wildman–Crippen LogP) is 0.476. The van der Waals surface area contributed by atoms with E-state index in [4.69, 9.17) is 10.5 Å². The maximum absolute atomic E-state index is 11.1. The molecular weight excluding hydrogens is 168 g/mol. The summed E-state index contributed by atoms with van der Waals surface area (Å²) >= 11 is 0. The number of hydrogen-bond acceptors (Lipinski definition) is 3. The number of benzene rings is 1. The number of rotatable bonds is 2. The Bertz CT molecular complexity index is 349. The summed E-state index contributed by atoms with van der Waals surface area (Å²) in [5.41, 5.74) is 6.99. The molecule has 0 saturated carbocycles. The molecule has 1 aliphatic heterocycles. The van der Waals surface area contributed by atoms with E-state index in [1.165, 1.54) is 0 Å². The molecule has 0 radical (unpaired) electrons. The van der Waals surface area contributed by atoms with E-state index >= 15 is 0 Å². The van der Waals surface area contributed by atoms with Crippen molar-refractivity contribution in [2.45, 2.75) is 6.42 Å². The first-order chi connectivity index (χ1) is 6.31. The standard InChI is InChI=1S/C9H10N2O2/c10-5-13-8-3-1-2-7-6(8)4-9(12)11-7/h1-3H,4-5,10H2,(H,11,12). The minimum atomic E-state index is 0.00284. The fourth-order valence-corrected chi connectivity index (χ4v) is 1.45. The van der Waals surface area contributed by atoms with Crippen LogP contribution in [0.4, 0.5) is 5.69 Å². The number of hydrogen-bond donors (Lipinski definition) is 2. The van der Waals surface area contributed by atoms with Crippen molar-refractivity contribution in [2.75, 3.05) is 12.0 Å². The zero-order valence-electron chi connectivity index (χ0n) is 7.04. The molecule has 13 heavy (non-hydrogen) atoms. The van der Waals surface area contributed by atoms with Crippen LogP contribution in [-0.4, -0.2) is 12.6 Å². The van der Waals surface area contributed by atoms with Crippen LogP contribution in [0.2, 0.25) is 0 Å². The topological polar surface area (TPSA) is 64.3 Å². The summed E-state index contributed by atoms with van der Waals surface area (Å²) in [4.78, 5) is 11.1. The zero-order valence-corrected chi connectivity index (χ0v) is 7.04. The van der Waals surface area contributed by atoms with E-state index in [-0.39, 0.29) is 12.6 Å². The molecule has 0 unspecified atom stereocenters. The molecule has 0 atom stereocenters. The average Bonchev–Trinajstić information content (AvgIpc) is 2.47. The summed E-state index contributed by atoms with van der Waals surface area (Å²) in [7, 11) is 0. The van der Waals surface area contributed by atoms with Crippen LogP contribution in [0.5, 0.6) is 5.75 Å². The first-order valence-electron chi connectivity index (χ1n) is 4.06. The van der Waals surface area contributed by atoms with Gasteiger partial charge in [0.1, 0.15) is 12.5 Å². The molecule has 0 fully saturated rings. The Labute approximate surface area is 75.7 Å². The molecule has 0 aromatic heterocycles. The van der Waals surface area contributed by atoms with Crippen LogP contribution < -0.4 is 15.8 Å². The van der Waals surface area contributed by atoms with Crippen molar-refractivity contribution in [1.82, 2.24) is 0 Å². The zero-order chi connectivity index (χ0) is 9.26. The fraction of sp³-hybridized carbons (Fsp3) is 0.222. The lowest BCUT2D eigenvalue weighted by molar-refractivity contribution is -0.115. The van der Waals surface area contributed by atoms with Gasteiger partial charge in [0.15, 0.2) is 0 Å². The van der Waals surface area contributed by atoms with Gasteiger partial charge in [-0.25, -0.2) is 0 Å². The second-order valence-corrected chi connectivity index (χ2v) is 2.82. The molecule has 4 heteroatoms. The van der Waals surface area contributed by atoms with Crippen LogP contribution in [0.1, 0.15) is 5.56 Å². The predicted molar refractivity (Wildman–Crippen MR) is 48.5 cm³/mol. The Morgan fingerprint density at radius 3 is 3.15 bits per heavy atom. The molecule has 1 aromatic rings. The Morgan fingerprint density at radius 1 is 1.54 bits per heavy atom. The minimum Gasteiger partial charge on any atom is -0.478 e. The lowest BCUT2D eigenvalue weighted by Crippen LogP contribution is -2.08. The third-order valence-electron chi connectivity index (χ3n) is 1.98. The fourth-order valence-electron chi connectivity index (χ4n) is 1.45. The summed E-state index contributed by atoms with van der Waals surface area (Å²) < 4.78 is 5.18. The summed E-state index contributed by atoms with van der Waals surface area (Å²) in [6.45, 7) is 0.130. The molecule has 0 bridgehead atoms. The molecule has 0 saturated heterocycles. The maximum atomic E-state index is 11.1. The molecule has 1 heterocycles. The van der Waals surface area contributed by atoms with Gasteiger partial charge in [0, 0.05) is 11.3 Å². The third-order valence-corrected chi connectivity index (χ3v) is 1.98. The van der Waals surface area contributed by atoms with Crippen molar-refractivity contribution in [1.29, 1.82) is 0 Å². The summed E-state index contributed by atoms with van der Waals surface area (Å²) in [6.07, 6.45) is 0.380. The number of fused-ring (bicyclic) bond motifs is 1. The van der Waals surface area contributed by atoms with Gasteiger partial charge in [-0.1, -0.05) is 6.07 Å². The molecule has 1 aromatic carbocycles. The Morgan fingerprint density at radius 2 is 2.38 bits per heavy atom. The van der Waals surface area contributed by atoms with Gasteiger partial charge in [-0.05, 0) is 12.1 Å². The van der Waals surface area contributed by atoms with Gasteiger partial charge in [-0.3, -0.25) is 10.5 Å². The van der Waals surface area contributed by atoms with Crippen molar-refractivity contribution < 1.29 is 9.53 Å². The van der Waals surface area contributed by atoms with E-state index in [0.29, 0.717) is 12.2 Å². The molecule has 3 N–H and O–H groups in total. The summed E-state index contributed by atoms with van der Waals surface area (Å²) in [5.74, 6) is 0.696. The Balaban J connectivity index is 2.39. The van der Waals surface area contributed by atoms with Crippen molar-refractivity contribution in [3.8, 4) is 5.75 Å². The van der Waals surface area contributed by atoms with Gasteiger partial charge in [0.05, 0.1) is 6.42 Å². The SMILES string of the molecule is NCOc1cccc2c1CC(=O)N2. The lowest BCUT2D eigenvalue weighted by Gasteiger charge is -2.06. The molecule has 68 valence electrons. The van der Waals surface area contributed by atoms with Gasteiger partial charge in [0.2, 0.25) is 5.91 Å². The van der Waals surface area contributed by atoms with Gasteiger partial charge in [-0.15, -0.1) is 0 Å². The molecule has 0 aliphatic carbocycles. The summed E-state index contributed by atoms with van der Waals surface area (Å²) in [5, 5.41) is 2.74. The monoisotopic (exact) mass is 178 g/mol. The number of carbonyl (C=O) groups is 1. The molecule has 2 rings (SSSR count). The number of ether oxygens (including phenoxy) is 1. The number of anilines is 1. The van der Waals surface area contributed by atoms with Crippen LogP contribution in [0.15, 0.2) is 18.2 Å². The van der Waals surface area contributed by atoms with Crippen LogP contribution >= 0.6 is 0 Å². The quantitative estimate of drug-likeness (QED) is 0.647. The Hall–Kier alpha value is -1.55. The first kappa shape index (κ1) is 8.07. The van der Waals surface area contributed by atoms with Gasteiger partial charge in [0.25, 0.3) is 0 Å². The van der Waals surface area contributed by atoms with Crippen LogP contribution in [0, 0.1) is 0 Å². The van der Waals surface area contributed by atoms with E-state index in [2.05, 4.69) is 5.32 Å². The highest BCUT2D eigenvalue weighted by Crippen LogP contribution is 2.31. The van der Waals surface area contributed by atoms with Crippen molar-refractivity contribution >= 4 is 11.6 Å². The number of carbonyl (C=O) groups excluding carboxylic acids is 1. The van der Waals surface area contributed by atoms with E-state index in [1.54, 1.807) is 0 Å². The third kappa shape index (κ3) is 1.36. The van der Waals surface area contributed by atoms with E-state index in [0.717, 1.165) is 11.3 Å². The minimum absolute atomic E-state index is 0.00284. The lowest BCUT2D eigenvalue weighted by atomic mass is 10.1. The smallest absolute Gasteiger partial charge is 0.229 e. The normalized spacial score (nSPS) is 13.8. The highest BCUT2D eigenvalue weighted by atomic mass is 16.5. The molecule has 4 nitrogen and oxygen atoms in total. The molecular formula is C9H10N2O2. The Kier molecular flexibility index (Phi) is 1.90. The largest absolute Gasteiger partial charge is 0.478 e. The van der Waals surface area contributed by atoms with E-state index in [9.17, 15) is 4.79 Å². The van der Waals surface area contributed by atoms with E-state index in [1.807, 2.05) is 18.2 Å². The number of nitrogens with one attached hydrogen (secondary N) is 1. The second-order valence-electron chi connectivity index (χ2n) is 2.82. The highest BCUT2D eigenvalue weighted by Gasteiger charge is 2.20. The molecule has 1 aliphatic rings. The van der Waals surface area contributed by atoms with Crippen molar-refractivity contribution in [3.63, 3.8) is 0 Å². The van der Waals surface area contributed by atoms with E-state index < -0.39 is 0 Å². The van der Waals surface area contributed by atoms with Gasteiger partial charge < -0.3 is 10.1 Å². The van der Waals surface area contributed by atoms with Crippen LogP contribution in [-0.2, 0) is 11.2 Å². The van der Waals surface area contributed by atoms with Gasteiger partial charge in [-0.2, -0.15) is 0 Å². The van der Waals surface area contributed by atoms with Crippen LogP contribution in [0.3, 0.4) is 0 Å². The van der Waals surface area contributed by atoms with Crippen LogP contribution in [0.25, 0.3) is 0 Å². The summed E-state index contributed by atoms with van der Waals surface area (Å²) in [6, 6.07) is 5.49. The average molecular weight is 178 g/mol. The van der Waals surface area contributed by atoms with Crippen molar-refractivity contribution in [2.24, 2.45) is 5.73 Å². The second kappa shape index (κ2) is 3.06. The molecule has 0 spiro atoms. The van der Waals surface area contributed by atoms with Crippen molar-refractivity contribution in [3.05, 3.63) is 23.8 Å².